The fraction of sp³-hybridized carbons (Fsp3) is 0.150. The highest BCUT2D eigenvalue weighted by molar-refractivity contribution is 7.87. The molecule has 0 fully saturated rings. The lowest BCUT2D eigenvalue weighted by Gasteiger charge is -2.10. The van der Waals surface area contributed by atoms with Crippen LogP contribution < -0.4 is 43.2 Å². The Kier molecular flexibility index (Phi) is 7.64. The standard InChI is InChI=1S/C20H20N2O4S.HI/c1-16-13-18(25-12-11-22-9-7-17(21)8-10-22)15-19(14-16)26-27(23,24)20-5-3-2-4-6-20;/h2-10,13-15,21H,11-12H2,1H3;1H. The summed E-state index contributed by atoms with van der Waals surface area (Å²) in [6, 6.07) is 16.7. The summed E-state index contributed by atoms with van der Waals surface area (Å²) in [5, 5.41) is 0. The Morgan fingerprint density at radius 2 is 1.61 bits per heavy atom. The molecule has 28 heavy (non-hydrogen) atoms. The summed E-state index contributed by atoms with van der Waals surface area (Å²) >= 11 is 0. The molecule has 2 aromatic carbocycles. The van der Waals surface area contributed by atoms with E-state index in [1.165, 1.54) is 12.1 Å². The van der Waals surface area contributed by atoms with E-state index in [1.54, 1.807) is 30.3 Å². The van der Waals surface area contributed by atoms with Crippen molar-refractivity contribution in [1.29, 1.82) is 0 Å². The van der Waals surface area contributed by atoms with Crippen LogP contribution in [-0.4, -0.2) is 15.0 Å². The van der Waals surface area contributed by atoms with Crippen molar-refractivity contribution in [2.24, 2.45) is 0 Å². The monoisotopic (exact) mass is 512 g/mol. The summed E-state index contributed by atoms with van der Waals surface area (Å²) in [5.74, 6) is 0.762. The van der Waals surface area contributed by atoms with Gasteiger partial charge in [0.25, 0.3) is 0 Å². The minimum atomic E-state index is -3.89. The smallest absolute Gasteiger partial charge is 0.339 e. The van der Waals surface area contributed by atoms with E-state index in [0.29, 0.717) is 24.6 Å². The number of anilines is 1. The van der Waals surface area contributed by atoms with Gasteiger partial charge in [0.05, 0.1) is 0 Å². The molecule has 6 nitrogen and oxygen atoms in total. The largest absolute Gasteiger partial charge is 1.00 e. The second-order valence-corrected chi connectivity index (χ2v) is 7.60. The van der Waals surface area contributed by atoms with Crippen molar-refractivity contribution in [3.05, 3.63) is 78.6 Å². The summed E-state index contributed by atoms with van der Waals surface area (Å²) in [4.78, 5) is 0.105. The van der Waals surface area contributed by atoms with Gasteiger partial charge in [-0.1, -0.05) is 18.2 Å². The van der Waals surface area contributed by atoms with Crippen molar-refractivity contribution in [2.45, 2.75) is 18.4 Å². The van der Waals surface area contributed by atoms with Crippen LogP contribution in [0.25, 0.3) is 0 Å². The molecule has 0 aliphatic rings. The van der Waals surface area contributed by atoms with Crippen LogP contribution in [0.4, 0.5) is 5.69 Å². The van der Waals surface area contributed by atoms with Crippen LogP contribution in [0.15, 0.2) is 78.0 Å². The molecule has 1 heterocycles. The van der Waals surface area contributed by atoms with E-state index < -0.39 is 10.1 Å². The maximum Gasteiger partial charge on any atom is 0.339 e. The lowest BCUT2D eigenvalue weighted by atomic mass is 10.2. The third kappa shape index (κ3) is 6.10. The minimum absolute atomic E-state index is 0. The van der Waals surface area contributed by atoms with Crippen molar-refractivity contribution < 1.29 is 45.9 Å². The number of halogens is 1. The molecule has 3 aromatic rings. The number of benzene rings is 2. The van der Waals surface area contributed by atoms with Crippen molar-refractivity contribution >= 4 is 15.8 Å². The van der Waals surface area contributed by atoms with Gasteiger partial charge >= 0.3 is 10.1 Å². The van der Waals surface area contributed by atoms with Crippen molar-refractivity contribution in [3.8, 4) is 11.5 Å². The molecule has 0 bridgehead atoms. The van der Waals surface area contributed by atoms with Crippen LogP contribution in [0.5, 0.6) is 11.5 Å². The molecule has 2 N–H and O–H groups in total. The molecule has 148 valence electrons. The maximum absolute atomic E-state index is 12.4. The quantitative estimate of drug-likeness (QED) is 0.268. The maximum atomic E-state index is 12.4. The summed E-state index contributed by atoms with van der Waals surface area (Å²) < 4.78 is 37.7. The number of nitrogens with two attached hydrogens (primary N) is 1. The lowest BCUT2D eigenvalue weighted by Crippen LogP contribution is -3.00. The van der Waals surface area contributed by atoms with E-state index in [2.05, 4.69) is 0 Å². The van der Waals surface area contributed by atoms with Gasteiger partial charge in [0.2, 0.25) is 0 Å². The molecule has 0 aliphatic carbocycles. The lowest BCUT2D eigenvalue weighted by molar-refractivity contribution is -0.697. The molecular formula is C20H21IN2O4S. The topological polar surface area (TPSA) is 82.5 Å². The molecule has 0 amide bonds. The van der Waals surface area contributed by atoms with E-state index in [1.807, 2.05) is 42.1 Å². The van der Waals surface area contributed by atoms with Gasteiger partial charge in [0.1, 0.15) is 23.0 Å². The molecule has 0 aliphatic heterocycles. The second-order valence-electron chi connectivity index (χ2n) is 6.05. The van der Waals surface area contributed by atoms with Crippen LogP contribution in [-0.2, 0) is 16.7 Å². The zero-order valence-corrected chi connectivity index (χ0v) is 18.3. The fourth-order valence-corrected chi connectivity index (χ4v) is 3.43. The molecule has 8 heteroatoms. The van der Waals surface area contributed by atoms with Crippen LogP contribution in [0.2, 0.25) is 0 Å². The third-order valence-electron chi connectivity index (χ3n) is 3.80. The third-order valence-corrected chi connectivity index (χ3v) is 5.06. The predicted octanol–water partition coefficient (Wildman–Crippen LogP) is -0.285. The van der Waals surface area contributed by atoms with Gasteiger partial charge in [0, 0.05) is 23.9 Å². The van der Waals surface area contributed by atoms with Gasteiger partial charge in [-0.25, -0.2) is 4.57 Å². The Morgan fingerprint density at radius 1 is 0.964 bits per heavy atom. The number of pyridine rings is 1. The zero-order valence-electron chi connectivity index (χ0n) is 15.3. The normalized spacial score (nSPS) is 10.8. The zero-order chi connectivity index (χ0) is 19.3. The highest BCUT2D eigenvalue weighted by Gasteiger charge is 2.16. The molecule has 0 atom stereocenters. The van der Waals surface area contributed by atoms with Crippen molar-refractivity contribution in [3.63, 3.8) is 0 Å². The number of hydrogen-bond acceptors (Lipinski definition) is 5. The van der Waals surface area contributed by atoms with Gasteiger partial charge in [-0.3, -0.25) is 0 Å². The van der Waals surface area contributed by atoms with E-state index >= 15 is 0 Å². The molecule has 1 aromatic heterocycles. The van der Waals surface area contributed by atoms with E-state index in [4.69, 9.17) is 14.7 Å². The molecule has 3 rings (SSSR count). The minimum Gasteiger partial charge on any atom is -1.00 e. The average Bonchev–Trinajstić information content (AvgIpc) is 2.63. The van der Waals surface area contributed by atoms with Gasteiger partial charge in [-0.2, -0.15) is 8.42 Å². The Labute approximate surface area is 182 Å². The van der Waals surface area contributed by atoms with Crippen LogP contribution in [0.1, 0.15) is 5.56 Å². The molecule has 0 saturated carbocycles. The van der Waals surface area contributed by atoms with Gasteiger partial charge < -0.3 is 38.6 Å². The summed E-state index contributed by atoms with van der Waals surface area (Å²) in [7, 11) is -3.89. The summed E-state index contributed by atoms with van der Waals surface area (Å²) in [5.41, 5.74) is 7.20. The first-order valence-electron chi connectivity index (χ1n) is 8.41. The van der Waals surface area contributed by atoms with Crippen molar-refractivity contribution in [1.82, 2.24) is 0 Å². The van der Waals surface area contributed by atoms with Crippen LogP contribution in [0.3, 0.4) is 0 Å². The Hall–Kier alpha value is -2.33. The second kappa shape index (κ2) is 9.74. The Balaban J connectivity index is 0.00000280. The van der Waals surface area contributed by atoms with Gasteiger partial charge in [-0.15, -0.1) is 0 Å². The number of hydrogen-bond donors (Lipinski definition) is 1. The Bertz CT molecular complexity index is 1010. The average molecular weight is 512 g/mol. The first-order chi connectivity index (χ1) is 12.9. The predicted molar refractivity (Wildman–Crippen MR) is 102 cm³/mol. The molecule has 0 radical (unpaired) electrons. The highest BCUT2D eigenvalue weighted by Crippen LogP contribution is 2.25. The molecule has 0 unspecified atom stereocenters. The number of rotatable bonds is 7. The summed E-state index contributed by atoms with van der Waals surface area (Å²) in [6.45, 7) is 2.90. The molecule has 0 saturated heterocycles. The van der Waals surface area contributed by atoms with E-state index in [9.17, 15) is 8.42 Å². The first-order valence-corrected chi connectivity index (χ1v) is 9.82. The number of ether oxygens (including phenoxy) is 1. The van der Waals surface area contributed by atoms with Crippen LogP contribution >= 0.6 is 0 Å². The first kappa shape index (κ1) is 22.0. The number of nitrogen functional groups attached to an aromatic ring is 1. The van der Waals surface area contributed by atoms with Crippen molar-refractivity contribution in [2.75, 3.05) is 12.3 Å². The van der Waals surface area contributed by atoms with Crippen LogP contribution in [0, 0.1) is 6.92 Å². The van der Waals surface area contributed by atoms with Gasteiger partial charge in [0.15, 0.2) is 18.9 Å². The fourth-order valence-electron chi connectivity index (χ4n) is 2.49. The SMILES string of the molecule is Cc1cc(OCC[n+]2ccc(N)cc2)cc(OS(=O)(=O)c2ccccc2)c1.[I-]. The summed E-state index contributed by atoms with van der Waals surface area (Å²) in [6.07, 6.45) is 3.74. The number of aryl methyl sites for hydroxylation is 1. The highest BCUT2D eigenvalue weighted by atomic mass is 127. The number of aromatic nitrogens is 1. The number of nitrogens with zero attached hydrogens (tertiary/aromatic N) is 1. The Morgan fingerprint density at radius 3 is 2.29 bits per heavy atom. The van der Waals surface area contributed by atoms with E-state index in [0.717, 1.165) is 5.56 Å². The molecular weight excluding hydrogens is 491 g/mol. The van der Waals surface area contributed by atoms with Gasteiger partial charge in [-0.05, 0) is 36.8 Å². The molecule has 0 spiro atoms. The van der Waals surface area contributed by atoms with E-state index in [-0.39, 0.29) is 34.6 Å².